The zero-order chi connectivity index (χ0) is 11.8. The van der Waals surface area contributed by atoms with Crippen LogP contribution in [0.25, 0.3) is 0 Å². The molecule has 3 unspecified atom stereocenters. The Morgan fingerprint density at radius 3 is 3.06 bits per heavy atom. The van der Waals surface area contributed by atoms with Crippen LogP contribution in [0.2, 0.25) is 0 Å². The molecule has 1 saturated carbocycles. The number of benzene rings is 1. The third-order valence-corrected chi connectivity index (χ3v) is 3.84. The van der Waals surface area contributed by atoms with Crippen LogP contribution < -0.4 is 0 Å². The molecule has 3 atom stereocenters. The lowest BCUT2D eigenvalue weighted by Crippen LogP contribution is -2.33. The molecule has 90 valence electrons. The first kappa shape index (κ1) is 11.2. The second kappa shape index (κ2) is 4.42. The Kier molecular flexibility index (Phi) is 2.92. The first-order chi connectivity index (χ1) is 8.22. The van der Waals surface area contributed by atoms with Crippen molar-refractivity contribution in [1.82, 2.24) is 0 Å². The molecule has 3 rings (SSSR count). The maximum Gasteiger partial charge on any atom is 0.216 e. The summed E-state index contributed by atoms with van der Waals surface area (Å²) in [5, 5.41) is 9.62. The van der Waals surface area contributed by atoms with Crippen LogP contribution in [0.3, 0.4) is 0 Å². The van der Waals surface area contributed by atoms with Crippen molar-refractivity contribution in [2.75, 3.05) is 0 Å². The van der Waals surface area contributed by atoms with Crippen molar-refractivity contribution >= 4 is 21.8 Å². The van der Waals surface area contributed by atoms with Crippen LogP contribution in [0.4, 0.5) is 0 Å². The van der Waals surface area contributed by atoms with Crippen LogP contribution in [0.5, 0.6) is 0 Å². The SMILES string of the molecule is OC1CCC2OC(c3cccc(Br)c3)=NC2C1. The summed E-state index contributed by atoms with van der Waals surface area (Å²) in [5.41, 5.74) is 1.00. The number of nitrogens with zero attached hydrogens (tertiary/aromatic N) is 1. The molecule has 1 aliphatic carbocycles. The van der Waals surface area contributed by atoms with E-state index < -0.39 is 0 Å². The third-order valence-electron chi connectivity index (χ3n) is 3.34. The van der Waals surface area contributed by atoms with Gasteiger partial charge in [0.15, 0.2) is 0 Å². The lowest BCUT2D eigenvalue weighted by Gasteiger charge is -2.25. The van der Waals surface area contributed by atoms with Gasteiger partial charge in [-0.05, 0) is 37.5 Å². The average Bonchev–Trinajstić information content (AvgIpc) is 2.72. The smallest absolute Gasteiger partial charge is 0.216 e. The summed E-state index contributed by atoms with van der Waals surface area (Å²) < 4.78 is 6.90. The molecule has 1 N–H and O–H groups in total. The highest BCUT2D eigenvalue weighted by atomic mass is 79.9. The predicted octanol–water partition coefficient (Wildman–Crippen LogP) is 2.51. The molecule has 1 fully saturated rings. The zero-order valence-electron chi connectivity index (χ0n) is 9.34. The Morgan fingerprint density at radius 2 is 2.24 bits per heavy atom. The number of aliphatic hydroxyl groups excluding tert-OH is 1. The van der Waals surface area contributed by atoms with Crippen LogP contribution in [-0.2, 0) is 4.74 Å². The molecule has 1 aromatic carbocycles. The van der Waals surface area contributed by atoms with E-state index in [4.69, 9.17) is 4.74 Å². The topological polar surface area (TPSA) is 41.8 Å². The summed E-state index contributed by atoms with van der Waals surface area (Å²) in [6.07, 6.45) is 2.38. The molecule has 0 radical (unpaired) electrons. The second-order valence-corrected chi connectivity index (χ2v) is 5.55. The Morgan fingerprint density at radius 1 is 1.35 bits per heavy atom. The van der Waals surface area contributed by atoms with Gasteiger partial charge in [0.2, 0.25) is 5.90 Å². The van der Waals surface area contributed by atoms with E-state index in [1.165, 1.54) is 0 Å². The van der Waals surface area contributed by atoms with Gasteiger partial charge in [0, 0.05) is 10.0 Å². The summed E-state index contributed by atoms with van der Waals surface area (Å²) in [4.78, 5) is 4.59. The maximum atomic E-state index is 9.62. The van der Waals surface area contributed by atoms with Crippen LogP contribution in [-0.4, -0.2) is 29.3 Å². The molecule has 1 aliphatic heterocycles. The molecule has 0 spiro atoms. The highest BCUT2D eigenvalue weighted by Crippen LogP contribution is 2.30. The van der Waals surface area contributed by atoms with E-state index in [1.807, 2.05) is 24.3 Å². The Balaban J connectivity index is 1.84. The molecule has 0 aromatic heterocycles. The summed E-state index contributed by atoms with van der Waals surface area (Å²) in [5.74, 6) is 0.718. The van der Waals surface area contributed by atoms with E-state index in [-0.39, 0.29) is 18.2 Å². The minimum atomic E-state index is -0.217. The fourth-order valence-electron chi connectivity index (χ4n) is 2.46. The van der Waals surface area contributed by atoms with E-state index in [2.05, 4.69) is 20.9 Å². The third kappa shape index (κ3) is 2.24. The van der Waals surface area contributed by atoms with Gasteiger partial charge in [-0.1, -0.05) is 22.0 Å². The van der Waals surface area contributed by atoms with Gasteiger partial charge < -0.3 is 9.84 Å². The normalized spacial score (nSPS) is 31.6. The zero-order valence-corrected chi connectivity index (χ0v) is 10.9. The first-order valence-corrected chi connectivity index (χ1v) is 6.70. The van der Waals surface area contributed by atoms with Gasteiger partial charge in [-0.3, -0.25) is 0 Å². The molecular formula is C13H14BrNO2. The van der Waals surface area contributed by atoms with Crippen molar-refractivity contribution in [2.24, 2.45) is 4.99 Å². The number of ether oxygens (including phenoxy) is 1. The predicted molar refractivity (Wildman–Crippen MR) is 69.2 cm³/mol. The molecule has 0 amide bonds. The van der Waals surface area contributed by atoms with Gasteiger partial charge in [-0.2, -0.15) is 0 Å². The van der Waals surface area contributed by atoms with Crippen molar-refractivity contribution in [1.29, 1.82) is 0 Å². The van der Waals surface area contributed by atoms with Crippen molar-refractivity contribution < 1.29 is 9.84 Å². The molecule has 2 aliphatic rings. The van der Waals surface area contributed by atoms with E-state index in [0.29, 0.717) is 0 Å². The molecule has 1 aromatic rings. The summed E-state index contributed by atoms with van der Waals surface area (Å²) >= 11 is 3.44. The van der Waals surface area contributed by atoms with E-state index >= 15 is 0 Å². The van der Waals surface area contributed by atoms with E-state index in [1.54, 1.807) is 0 Å². The Labute approximate surface area is 109 Å². The van der Waals surface area contributed by atoms with E-state index in [0.717, 1.165) is 35.2 Å². The van der Waals surface area contributed by atoms with Crippen molar-refractivity contribution in [3.63, 3.8) is 0 Å². The molecule has 0 bridgehead atoms. The highest BCUT2D eigenvalue weighted by Gasteiger charge is 2.36. The van der Waals surface area contributed by atoms with Gasteiger partial charge >= 0.3 is 0 Å². The van der Waals surface area contributed by atoms with Crippen LogP contribution in [0, 0.1) is 0 Å². The minimum Gasteiger partial charge on any atom is -0.472 e. The van der Waals surface area contributed by atoms with Crippen molar-refractivity contribution in [3.8, 4) is 0 Å². The lowest BCUT2D eigenvalue weighted by atomic mass is 9.91. The first-order valence-electron chi connectivity index (χ1n) is 5.91. The summed E-state index contributed by atoms with van der Waals surface area (Å²) in [6, 6.07) is 8.09. The minimum absolute atomic E-state index is 0.132. The molecule has 1 heterocycles. The number of hydrogen-bond acceptors (Lipinski definition) is 3. The number of halogens is 1. The Bertz CT molecular complexity index is 460. The summed E-state index contributed by atoms with van der Waals surface area (Å²) in [7, 11) is 0. The largest absolute Gasteiger partial charge is 0.472 e. The van der Waals surface area contributed by atoms with Gasteiger partial charge in [0.25, 0.3) is 0 Å². The quantitative estimate of drug-likeness (QED) is 0.865. The number of aliphatic hydroxyl groups is 1. The molecule has 17 heavy (non-hydrogen) atoms. The average molecular weight is 296 g/mol. The van der Waals surface area contributed by atoms with Gasteiger partial charge in [0.1, 0.15) is 6.10 Å². The number of aliphatic imine (C=N–C) groups is 1. The van der Waals surface area contributed by atoms with Crippen LogP contribution in [0.15, 0.2) is 33.7 Å². The van der Waals surface area contributed by atoms with Gasteiger partial charge in [-0.15, -0.1) is 0 Å². The van der Waals surface area contributed by atoms with Crippen molar-refractivity contribution in [3.05, 3.63) is 34.3 Å². The Hall–Kier alpha value is -0.870. The standard InChI is InChI=1S/C13H14BrNO2/c14-9-3-1-2-8(6-9)13-15-11-7-10(16)4-5-12(11)17-13/h1-3,6,10-12,16H,4-5,7H2. The molecule has 4 heteroatoms. The molecule has 0 saturated heterocycles. The summed E-state index contributed by atoms with van der Waals surface area (Å²) in [6.45, 7) is 0. The van der Waals surface area contributed by atoms with Crippen LogP contribution in [0.1, 0.15) is 24.8 Å². The number of hydrogen-bond donors (Lipinski definition) is 1. The molecule has 3 nitrogen and oxygen atoms in total. The second-order valence-electron chi connectivity index (χ2n) is 4.64. The van der Waals surface area contributed by atoms with Crippen molar-refractivity contribution in [2.45, 2.75) is 37.5 Å². The number of fused-ring (bicyclic) bond motifs is 1. The maximum absolute atomic E-state index is 9.62. The monoisotopic (exact) mass is 295 g/mol. The van der Waals surface area contributed by atoms with Gasteiger partial charge in [-0.25, -0.2) is 4.99 Å². The van der Waals surface area contributed by atoms with Crippen LogP contribution >= 0.6 is 15.9 Å². The molecular weight excluding hydrogens is 282 g/mol. The lowest BCUT2D eigenvalue weighted by molar-refractivity contribution is 0.0625. The highest BCUT2D eigenvalue weighted by molar-refractivity contribution is 9.10. The fraction of sp³-hybridized carbons (Fsp3) is 0.462. The van der Waals surface area contributed by atoms with E-state index in [9.17, 15) is 5.11 Å². The fourth-order valence-corrected chi connectivity index (χ4v) is 2.86. The van der Waals surface area contributed by atoms with Gasteiger partial charge in [0.05, 0.1) is 12.1 Å². The number of rotatable bonds is 1.